The van der Waals surface area contributed by atoms with Gasteiger partial charge in [0.25, 0.3) is 5.91 Å². The van der Waals surface area contributed by atoms with Crippen molar-refractivity contribution in [3.05, 3.63) is 47.2 Å². The highest BCUT2D eigenvalue weighted by atomic mass is 32.2. The van der Waals surface area contributed by atoms with Crippen molar-refractivity contribution in [2.45, 2.75) is 18.2 Å². The third kappa shape index (κ3) is 2.99. The van der Waals surface area contributed by atoms with Gasteiger partial charge in [-0.25, -0.2) is 4.79 Å². The van der Waals surface area contributed by atoms with Gasteiger partial charge in [0.2, 0.25) is 5.91 Å². The maximum Gasteiger partial charge on any atom is 0.352 e. The summed E-state index contributed by atoms with van der Waals surface area (Å²) in [6.45, 7) is 0.533. The van der Waals surface area contributed by atoms with Crippen molar-refractivity contribution in [2.75, 3.05) is 24.3 Å². The van der Waals surface area contributed by atoms with Crippen LogP contribution in [0.5, 0.6) is 5.75 Å². The quantitative estimate of drug-likeness (QED) is 0.629. The number of aliphatic carboxylic acids is 1. The molecule has 1 aromatic rings. The van der Waals surface area contributed by atoms with Crippen LogP contribution in [0.2, 0.25) is 0 Å². The van der Waals surface area contributed by atoms with Gasteiger partial charge in [-0.3, -0.25) is 14.5 Å². The number of ether oxygens (including phenoxy) is 1. The largest absolute Gasteiger partial charge is 0.497 e. The smallest absolute Gasteiger partial charge is 0.352 e. The van der Waals surface area contributed by atoms with Crippen LogP contribution >= 0.6 is 11.8 Å². The summed E-state index contributed by atoms with van der Waals surface area (Å²) in [7, 11) is 1.58. The molecule has 0 saturated carbocycles. The van der Waals surface area contributed by atoms with E-state index in [1.807, 2.05) is 12.1 Å². The minimum atomic E-state index is -1.13. The Morgan fingerprint density at radius 3 is 2.67 bits per heavy atom. The number of allylic oxidation sites excluding steroid dienone is 1. The highest BCUT2D eigenvalue weighted by Crippen LogP contribution is 2.41. The van der Waals surface area contributed by atoms with Crippen LogP contribution in [0, 0.1) is 0 Å². The minimum Gasteiger partial charge on any atom is -0.497 e. The molecule has 4 rings (SSSR count). The van der Waals surface area contributed by atoms with E-state index >= 15 is 0 Å². The van der Waals surface area contributed by atoms with E-state index in [1.165, 1.54) is 16.7 Å². The van der Waals surface area contributed by atoms with Crippen LogP contribution in [0.3, 0.4) is 0 Å². The molecule has 1 unspecified atom stereocenters. The SMILES string of the molecule is COc1ccc(N2CCC(=CC3=C(C(=O)O)N4C(=O)CC4SC3)C2=O)cc1. The van der Waals surface area contributed by atoms with Gasteiger partial charge in [-0.2, -0.15) is 0 Å². The number of hydrogen-bond donors (Lipinski definition) is 1. The van der Waals surface area contributed by atoms with E-state index in [0.717, 1.165) is 5.69 Å². The number of anilines is 1. The Hall–Kier alpha value is -2.74. The van der Waals surface area contributed by atoms with Gasteiger partial charge in [-0.05, 0) is 42.3 Å². The second kappa shape index (κ2) is 6.77. The van der Waals surface area contributed by atoms with E-state index in [2.05, 4.69) is 0 Å². The molecular weight excluding hydrogens is 368 g/mol. The van der Waals surface area contributed by atoms with Crippen LogP contribution < -0.4 is 9.64 Å². The lowest BCUT2D eigenvalue weighted by atomic mass is 10.0. The predicted octanol–water partition coefficient (Wildman–Crippen LogP) is 2.00. The average molecular weight is 386 g/mol. The van der Waals surface area contributed by atoms with Gasteiger partial charge in [0.1, 0.15) is 11.4 Å². The molecule has 8 heteroatoms. The van der Waals surface area contributed by atoms with Gasteiger partial charge >= 0.3 is 5.97 Å². The van der Waals surface area contributed by atoms with Gasteiger partial charge < -0.3 is 14.7 Å². The number of methoxy groups -OCH3 is 1. The highest BCUT2D eigenvalue weighted by Gasteiger charge is 2.45. The molecule has 1 N–H and O–H groups in total. The van der Waals surface area contributed by atoms with Crippen LogP contribution in [0.4, 0.5) is 5.69 Å². The fourth-order valence-corrected chi connectivity index (χ4v) is 4.74. The maximum absolute atomic E-state index is 12.8. The normalized spacial score (nSPS) is 23.6. The van der Waals surface area contributed by atoms with E-state index in [-0.39, 0.29) is 22.9 Å². The number of carbonyl (C=O) groups excluding carboxylic acids is 2. The molecule has 2 saturated heterocycles. The molecule has 0 bridgehead atoms. The number of hydrogen-bond acceptors (Lipinski definition) is 5. The molecule has 27 heavy (non-hydrogen) atoms. The van der Waals surface area contributed by atoms with Crippen LogP contribution in [0.25, 0.3) is 0 Å². The summed E-state index contributed by atoms with van der Waals surface area (Å²) in [5.41, 5.74) is 1.87. The lowest BCUT2D eigenvalue weighted by Crippen LogP contribution is -2.53. The van der Waals surface area contributed by atoms with E-state index in [4.69, 9.17) is 4.74 Å². The number of benzene rings is 1. The molecule has 0 aromatic heterocycles. The summed E-state index contributed by atoms with van der Waals surface area (Å²) in [5.74, 6) is -0.254. The molecule has 0 spiro atoms. The molecule has 3 aliphatic heterocycles. The van der Waals surface area contributed by atoms with Gasteiger partial charge in [0, 0.05) is 23.6 Å². The Kier molecular flexibility index (Phi) is 4.43. The summed E-state index contributed by atoms with van der Waals surface area (Å²) in [5, 5.41) is 9.47. The predicted molar refractivity (Wildman–Crippen MR) is 100 cm³/mol. The summed E-state index contributed by atoms with van der Waals surface area (Å²) < 4.78 is 5.14. The molecule has 140 valence electrons. The lowest BCUT2D eigenvalue weighted by Gasteiger charge is -2.43. The highest BCUT2D eigenvalue weighted by molar-refractivity contribution is 8.00. The number of rotatable bonds is 4. The van der Waals surface area contributed by atoms with Gasteiger partial charge in [-0.15, -0.1) is 11.8 Å². The van der Waals surface area contributed by atoms with Crippen molar-refractivity contribution in [3.8, 4) is 5.75 Å². The van der Waals surface area contributed by atoms with E-state index in [0.29, 0.717) is 42.0 Å². The van der Waals surface area contributed by atoms with Crippen molar-refractivity contribution >= 4 is 35.2 Å². The fourth-order valence-electron chi connectivity index (χ4n) is 3.52. The maximum atomic E-state index is 12.8. The first-order valence-electron chi connectivity index (χ1n) is 8.56. The Morgan fingerprint density at radius 1 is 1.30 bits per heavy atom. The number of carboxylic acid groups (broad SMARTS) is 1. The first kappa shape index (κ1) is 17.7. The van der Waals surface area contributed by atoms with E-state index in [9.17, 15) is 19.5 Å². The van der Waals surface area contributed by atoms with Crippen LogP contribution in [-0.2, 0) is 14.4 Å². The molecule has 0 aliphatic carbocycles. The lowest BCUT2D eigenvalue weighted by molar-refractivity contribution is -0.146. The molecule has 7 nitrogen and oxygen atoms in total. The summed E-state index contributed by atoms with van der Waals surface area (Å²) in [6.07, 6.45) is 2.56. The van der Waals surface area contributed by atoms with Crippen molar-refractivity contribution in [2.24, 2.45) is 0 Å². The number of carboxylic acids is 1. The standard InChI is InChI=1S/C19H18N2O5S/c1-26-14-4-2-13(3-5-14)20-7-6-11(18(20)23)8-12-10-27-16-9-15(22)21(16)17(12)19(24)25/h2-5,8,16H,6-7,9-10H2,1H3,(H,24,25). The minimum absolute atomic E-state index is 0.0122. The van der Waals surface area contributed by atoms with Crippen LogP contribution in [-0.4, -0.2) is 52.6 Å². The fraction of sp³-hybridized carbons (Fsp3) is 0.316. The molecule has 3 heterocycles. The molecule has 1 aromatic carbocycles. The second-order valence-electron chi connectivity index (χ2n) is 6.49. The molecule has 0 radical (unpaired) electrons. The Bertz CT molecular complexity index is 890. The first-order chi connectivity index (χ1) is 13.0. The molecule has 2 amide bonds. The topological polar surface area (TPSA) is 87.2 Å². The zero-order valence-electron chi connectivity index (χ0n) is 14.7. The number of thioether (sulfide) groups is 1. The number of β-lactam (4-membered cyclic amide) rings is 1. The summed E-state index contributed by atoms with van der Waals surface area (Å²) >= 11 is 1.53. The molecular formula is C19H18N2O5S. The Balaban J connectivity index is 1.62. The number of amides is 2. The van der Waals surface area contributed by atoms with E-state index in [1.54, 1.807) is 30.2 Å². The number of fused-ring (bicyclic) bond motifs is 1. The summed E-state index contributed by atoms with van der Waals surface area (Å²) in [6, 6.07) is 7.23. The van der Waals surface area contributed by atoms with Crippen molar-refractivity contribution < 1.29 is 24.2 Å². The van der Waals surface area contributed by atoms with Gasteiger partial charge in [0.15, 0.2) is 0 Å². The third-order valence-electron chi connectivity index (χ3n) is 4.94. The monoisotopic (exact) mass is 386 g/mol. The van der Waals surface area contributed by atoms with Crippen molar-refractivity contribution in [3.63, 3.8) is 0 Å². The first-order valence-corrected chi connectivity index (χ1v) is 9.61. The second-order valence-corrected chi connectivity index (χ2v) is 7.65. The molecule has 1 atom stereocenters. The zero-order chi connectivity index (χ0) is 19.1. The zero-order valence-corrected chi connectivity index (χ0v) is 15.5. The third-order valence-corrected chi connectivity index (χ3v) is 6.18. The van der Waals surface area contributed by atoms with Gasteiger partial charge in [0.05, 0.1) is 18.9 Å². The number of carbonyl (C=O) groups is 3. The Labute approximate surface area is 160 Å². The van der Waals surface area contributed by atoms with Crippen molar-refractivity contribution in [1.82, 2.24) is 4.90 Å². The summed E-state index contributed by atoms with van der Waals surface area (Å²) in [4.78, 5) is 39.3. The van der Waals surface area contributed by atoms with Crippen LogP contribution in [0.15, 0.2) is 47.2 Å². The Morgan fingerprint density at radius 2 is 2.04 bits per heavy atom. The average Bonchev–Trinajstić information content (AvgIpc) is 3.02. The van der Waals surface area contributed by atoms with E-state index < -0.39 is 5.97 Å². The van der Waals surface area contributed by atoms with Crippen molar-refractivity contribution in [1.29, 1.82) is 0 Å². The molecule has 2 fully saturated rings. The van der Waals surface area contributed by atoms with Crippen LogP contribution in [0.1, 0.15) is 12.8 Å². The number of nitrogens with zero attached hydrogens (tertiary/aromatic N) is 2. The molecule has 3 aliphatic rings. The van der Waals surface area contributed by atoms with Gasteiger partial charge in [-0.1, -0.05) is 0 Å².